The summed E-state index contributed by atoms with van der Waals surface area (Å²) < 4.78 is 13.8. The van der Waals surface area contributed by atoms with Gasteiger partial charge in [0.15, 0.2) is 11.6 Å². The van der Waals surface area contributed by atoms with Crippen molar-refractivity contribution in [1.29, 1.82) is 0 Å². The third-order valence-electron chi connectivity index (χ3n) is 3.53. The Balaban J connectivity index is 1.91. The van der Waals surface area contributed by atoms with Gasteiger partial charge in [-0.25, -0.2) is 14.4 Å². The fraction of sp³-hybridized carbons (Fsp3) is 0.0588. The highest BCUT2D eigenvalue weighted by Gasteiger charge is 2.11. The van der Waals surface area contributed by atoms with Crippen LogP contribution in [0.5, 0.6) is 0 Å². The van der Waals surface area contributed by atoms with Crippen LogP contribution in [0.2, 0.25) is 5.02 Å². The molecule has 2 aromatic carbocycles. The molecular weight excluding hydrogens is 329 g/mol. The van der Waals surface area contributed by atoms with Gasteiger partial charge in [0.1, 0.15) is 17.8 Å². The number of halogens is 2. The number of benzene rings is 2. The summed E-state index contributed by atoms with van der Waals surface area (Å²) in [5, 5.41) is 6.64. The zero-order valence-electron chi connectivity index (χ0n) is 12.8. The van der Waals surface area contributed by atoms with Crippen LogP contribution >= 0.6 is 11.6 Å². The largest absolute Gasteiger partial charge is 0.393 e. The van der Waals surface area contributed by atoms with E-state index in [0.717, 1.165) is 11.3 Å². The average Bonchev–Trinajstić information content (AvgIpc) is 2.57. The predicted molar refractivity (Wildman–Crippen MR) is 95.6 cm³/mol. The number of nitrogens with one attached hydrogen (secondary N) is 2. The van der Waals surface area contributed by atoms with Gasteiger partial charge in [0.05, 0.1) is 5.69 Å². The first-order valence-electron chi connectivity index (χ1n) is 7.20. The van der Waals surface area contributed by atoms with Gasteiger partial charge >= 0.3 is 0 Å². The highest BCUT2D eigenvalue weighted by Crippen LogP contribution is 2.31. The van der Waals surface area contributed by atoms with E-state index in [0.29, 0.717) is 16.7 Å². The van der Waals surface area contributed by atoms with E-state index in [1.165, 1.54) is 12.4 Å². The second-order valence-corrected chi connectivity index (χ2v) is 5.53. The molecule has 3 rings (SSSR count). The molecule has 4 N–H and O–H groups in total. The molecule has 0 saturated heterocycles. The Morgan fingerprint density at radius 3 is 2.29 bits per heavy atom. The quantitative estimate of drug-likeness (QED) is 0.643. The molecule has 0 fully saturated rings. The molecule has 7 heteroatoms. The molecule has 1 heterocycles. The van der Waals surface area contributed by atoms with Crippen LogP contribution in [0.3, 0.4) is 0 Å². The molecule has 0 radical (unpaired) electrons. The molecule has 0 saturated carbocycles. The van der Waals surface area contributed by atoms with E-state index in [-0.39, 0.29) is 11.4 Å². The van der Waals surface area contributed by atoms with E-state index in [1.54, 1.807) is 24.3 Å². The first kappa shape index (κ1) is 16.0. The summed E-state index contributed by atoms with van der Waals surface area (Å²) in [6.07, 6.45) is 1.35. The molecule has 0 aliphatic carbocycles. The van der Waals surface area contributed by atoms with Crippen LogP contribution in [0, 0.1) is 12.7 Å². The van der Waals surface area contributed by atoms with Crippen molar-refractivity contribution in [2.24, 2.45) is 0 Å². The normalized spacial score (nSPS) is 10.5. The van der Waals surface area contributed by atoms with Crippen LogP contribution in [0.25, 0.3) is 0 Å². The minimum atomic E-state index is -0.393. The zero-order valence-corrected chi connectivity index (χ0v) is 13.6. The Hall–Kier alpha value is -2.86. The lowest BCUT2D eigenvalue weighted by molar-refractivity contribution is 0.632. The SMILES string of the molecule is Cc1c(Cl)cccc1Nc1ncnc(Nc2ccccc2F)c1N. The topological polar surface area (TPSA) is 75.9 Å². The van der Waals surface area contributed by atoms with Gasteiger partial charge in [-0.2, -0.15) is 0 Å². The molecule has 0 bridgehead atoms. The molecule has 0 atom stereocenters. The van der Waals surface area contributed by atoms with Gasteiger partial charge in [-0.3, -0.25) is 0 Å². The van der Waals surface area contributed by atoms with E-state index >= 15 is 0 Å². The van der Waals surface area contributed by atoms with Gasteiger partial charge in [-0.15, -0.1) is 0 Å². The van der Waals surface area contributed by atoms with E-state index in [9.17, 15) is 4.39 Å². The van der Waals surface area contributed by atoms with Crippen molar-refractivity contribution >= 4 is 40.3 Å². The smallest absolute Gasteiger partial charge is 0.159 e. The molecule has 1 aromatic heterocycles. The summed E-state index contributed by atoms with van der Waals surface area (Å²) in [5.41, 5.74) is 8.33. The standard InChI is InChI=1S/C17H15ClFN5/c1-10-11(18)5-4-8-13(10)23-16-15(20)17(22-9-21-16)24-14-7-3-2-6-12(14)19/h2-9H,20H2,1H3,(H2,21,22,23,24). The average molecular weight is 344 g/mol. The second-order valence-electron chi connectivity index (χ2n) is 5.13. The molecule has 3 aromatic rings. The van der Waals surface area contributed by atoms with E-state index in [1.807, 2.05) is 19.1 Å². The van der Waals surface area contributed by atoms with Gasteiger partial charge in [0.2, 0.25) is 0 Å². The van der Waals surface area contributed by atoms with Gasteiger partial charge in [-0.05, 0) is 36.8 Å². The number of rotatable bonds is 4. The first-order chi connectivity index (χ1) is 11.6. The molecule has 0 amide bonds. The van der Waals surface area contributed by atoms with Crippen LogP contribution < -0.4 is 16.4 Å². The lowest BCUT2D eigenvalue weighted by atomic mass is 10.2. The molecule has 5 nitrogen and oxygen atoms in total. The number of hydrogen-bond donors (Lipinski definition) is 3. The van der Waals surface area contributed by atoms with Gasteiger partial charge in [0.25, 0.3) is 0 Å². The number of aromatic nitrogens is 2. The summed E-state index contributed by atoms with van der Waals surface area (Å²) in [5.74, 6) is 0.335. The Bertz CT molecular complexity index is 885. The maximum Gasteiger partial charge on any atom is 0.159 e. The molecular formula is C17H15ClFN5. The van der Waals surface area contributed by atoms with E-state index in [2.05, 4.69) is 20.6 Å². The Morgan fingerprint density at radius 2 is 1.58 bits per heavy atom. The third kappa shape index (κ3) is 3.23. The van der Waals surface area contributed by atoms with Crippen LogP contribution in [0.4, 0.5) is 33.1 Å². The summed E-state index contributed by atoms with van der Waals surface area (Å²) in [6, 6.07) is 11.8. The number of nitrogen functional groups attached to an aromatic ring is 1. The predicted octanol–water partition coefficient (Wildman–Crippen LogP) is 4.65. The Labute approximate surface area is 143 Å². The van der Waals surface area contributed by atoms with Gasteiger partial charge in [-0.1, -0.05) is 29.8 Å². The van der Waals surface area contributed by atoms with Crippen LogP contribution in [0.1, 0.15) is 5.56 Å². The van der Waals surface area contributed by atoms with Crippen LogP contribution in [0.15, 0.2) is 48.8 Å². The minimum Gasteiger partial charge on any atom is -0.393 e. The minimum absolute atomic E-state index is 0.278. The van der Waals surface area contributed by atoms with E-state index in [4.69, 9.17) is 17.3 Å². The Kier molecular flexibility index (Phi) is 4.48. The number of anilines is 5. The number of hydrogen-bond acceptors (Lipinski definition) is 5. The maximum absolute atomic E-state index is 13.8. The van der Waals surface area contributed by atoms with Crippen molar-refractivity contribution in [1.82, 2.24) is 9.97 Å². The summed E-state index contributed by atoms with van der Waals surface area (Å²) in [6.45, 7) is 1.89. The van der Waals surface area contributed by atoms with Crippen molar-refractivity contribution in [3.05, 3.63) is 65.2 Å². The molecule has 0 aliphatic rings. The fourth-order valence-electron chi connectivity index (χ4n) is 2.16. The van der Waals surface area contributed by atoms with Crippen LogP contribution in [-0.2, 0) is 0 Å². The van der Waals surface area contributed by atoms with Gasteiger partial charge < -0.3 is 16.4 Å². The van der Waals surface area contributed by atoms with Crippen molar-refractivity contribution in [2.45, 2.75) is 6.92 Å². The van der Waals surface area contributed by atoms with Crippen molar-refractivity contribution in [2.75, 3.05) is 16.4 Å². The highest BCUT2D eigenvalue weighted by molar-refractivity contribution is 6.31. The summed E-state index contributed by atoms with van der Waals surface area (Å²) in [7, 11) is 0. The number of para-hydroxylation sites is 1. The molecule has 0 unspecified atom stereocenters. The summed E-state index contributed by atoms with van der Waals surface area (Å²) in [4.78, 5) is 8.22. The number of nitrogens with zero attached hydrogens (tertiary/aromatic N) is 2. The third-order valence-corrected chi connectivity index (χ3v) is 3.94. The van der Waals surface area contributed by atoms with Crippen molar-refractivity contribution < 1.29 is 4.39 Å². The summed E-state index contributed by atoms with van der Waals surface area (Å²) >= 11 is 6.12. The van der Waals surface area contributed by atoms with Crippen molar-refractivity contribution in [3.8, 4) is 0 Å². The second kappa shape index (κ2) is 6.72. The molecule has 0 spiro atoms. The van der Waals surface area contributed by atoms with Crippen molar-refractivity contribution in [3.63, 3.8) is 0 Å². The highest BCUT2D eigenvalue weighted by atomic mass is 35.5. The van der Waals surface area contributed by atoms with E-state index < -0.39 is 5.82 Å². The lowest BCUT2D eigenvalue weighted by Gasteiger charge is -2.14. The number of nitrogens with two attached hydrogens (primary N) is 1. The lowest BCUT2D eigenvalue weighted by Crippen LogP contribution is -2.06. The first-order valence-corrected chi connectivity index (χ1v) is 7.58. The monoisotopic (exact) mass is 343 g/mol. The fourth-order valence-corrected chi connectivity index (χ4v) is 2.33. The van der Waals surface area contributed by atoms with Gasteiger partial charge in [0, 0.05) is 10.7 Å². The molecule has 0 aliphatic heterocycles. The maximum atomic E-state index is 13.8. The Morgan fingerprint density at radius 1 is 0.958 bits per heavy atom. The zero-order chi connectivity index (χ0) is 17.1. The molecule has 24 heavy (non-hydrogen) atoms. The van der Waals surface area contributed by atoms with Crippen LogP contribution in [-0.4, -0.2) is 9.97 Å². The molecule has 122 valence electrons.